The fourth-order valence-electron chi connectivity index (χ4n) is 8.56. The molecule has 0 fully saturated rings. The molecule has 0 radical (unpaired) electrons. The van der Waals surface area contributed by atoms with E-state index in [0.29, 0.717) is 11.4 Å². The number of benzene rings is 8. The monoisotopic (exact) mass is 703 g/mol. The molecule has 4 heterocycles. The van der Waals surface area contributed by atoms with Crippen LogP contribution in [0, 0.1) is 0 Å². The summed E-state index contributed by atoms with van der Waals surface area (Å²) in [6.45, 7) is 0. The lowest BCUT2D eigenvalue weighted by Gasteiger charge is -2.10. The summed E-state index contributed by atoms with van der Waals surface area (Å²) in [5.41, 5.74) is 12.1. The lowest BCUT2D eigenvalue weighted by atomic mass is 10.0. The van der Waals surface area contributed by atoms with Crippen LogP contribution in [0.4, 0.5) is 0 Å². The molecule has 55 heavy (non-hydrogen) atoms. The van der Waals surface area contributed by atoms with E-state index in [1.807, 2.05) is 48.5 Å². The van der Waals surface area contributed by atoms with E-state index in [-0.39, 0.29) is 0 Å². The number of hydrogen-bond acceptors (Lipinski definition) is 4. The van der Waals surface area contributed by atoms with Crippen molar-refractivity contribution in [2.24, 2.45) is 0 Å². The summed E-state index contributed by atoms with van der Waals surface area (Å²) < 4.78 is 15.7. The molecule has 0 N–H and O–H groups in total. The van der Waals surface area contributed by atoms with E-state index in [1.165, 1.54) is 32.7 Å². The molecular weight excluding hydrogens is 675 g/mol. The van der Waals surface area contributed by atoms with Gasteiger partial charge in [-0.15, -0.1) is 0 Å². The molecule has 256 valence electrons. The Morgan fingerprint density at radius 3 is 1.98 bits per heavy atom. The molecule has 0 spiro atoms. The van der Waals surface area contributed by atoms with Gasteiger partial charge in [0.1, 0.15) is 22.4 Å². The zero-order valence-electron chi connectivity index (χ0n) is 29.4. The van der Waals surface area contributed by atoms with E-state index in [1.54, 1.807) is 0 Å². The van der Waals surface area contributed by atoms with Gasteiger partial charge in [-0.2, -0.15) is 0 Å². The van der Waals surface area contributed by atoms with Gasteiger partial charge in [0, 0.05) is 38.1 Å². The quantitative estimate of drug-likeness (QED) is 0.183. The minimum absolute atomic E-state index is 0.619. The Morgan fingerprint density at radius 1 is 0.418 bits per heavy atom. The van der Waals surface area contributed by atoms with Gasteiger partial charge in [0.2, 0.25) is 0 Å². The van der Waals surface area contributed by atoms with Crippen LogP contribution < -0.4 is 0 Å². The summed E-state index contributed by atoms with van der Waals surface area (Å²) in [6.07, 6.45) is 0. The lowest BCUT2D eigenvalue weighted by Crippen LogP contribution is -1.95. The van der Waals surface area contributed by atoms with Crippen LogP contribution in [0.5, 0.6) is 0 Å². The molecule has 8 aromatic carbocycles. The molecular formula is C50H29N3O2. The van der Waals surface area contributed by atoms with Gasteiger partial charge in [0.05, 0.1) is 16.7 Å². The number of aromatic nitrogens is 3. The van der Waals surface area contributed by atoms with E-state index in [9.17, 15) is 0 Å². The summed E-state index contributed by atoms with van der Waals surface area (Å²) in [7, 11) is 0. The van der Waals surface area contributed by atoms with E-state index in [4.69, 9.17) is 18.8 Å². The summed E-state index contributed by atoms with van der Waals surface area (Å²) in [6, 6.07) is 61.4. The van der Waals surface area contributed by atoms with E-state index in [2.05, 4.69) is 132 Å². The van der Waals surface area contributed by atoms with Crippen LogP contribution in [0.15, 0.2) is 185 Å². The Balaban J connectivity index is 1.14. The molecule has 0 bridgehead atoms. The number of furan rings is 2. The topological polar surface area (TPSA) is 57.0 Å². The highest BCUT2D eigenvalue weighted by Crippen LogP contribution is 2.44. The standard InChI is InChI=1S/C50H29N3O2/c1-3-13-30(14-4-1)33-26-27-39-38(29-33)44-34-18-8-7-15-31(34)25-28-40(44)53(39)41-22-11-20-36-45-37(21-12-24-43(45)55-48(36)41)50-51-46(32-16-5-2-6-17-32)49-47(52-50)35-19-9-10-23-42(35)54-49/h1-29H. The van der Waals surface area contributed by atoms with Gasteiger partial charge in [-0.05, 0) is 64.4 Å². The average molecular weight is 704 g/mol. The molecule has 5 nitrogen and oxygen atoms in total. The Bertz CT molecular complexity index is 3480. The molecule has 0 amide bonds. The fourth-order valence-corrected chi connectivity index (χ4v) is 8.56. The second-order valence-electron chi connectivity index (χ2n) is 14.1. The van der Waals surface area contributed by atoms with Crippen molar-refractivity contribution in [1.29, 1.82) is 0 Å². The van der Waals surface area contributed by atoms with Crippen molar-refractivity contribution >= 4 is 76.6 Å². The summed E-state index contributed by atoms with van der Waals surface area (Å²) >= 11 is 0. The number of fused-ring (bicyclic) bond motifs is 11. The van der Waals surface area contributed by atoms with Crippen LogP contribution in [0.2, 0.25) is 0 Å². The summed E-state index contributed by atoms with van der Waals surface area (Å²) in [5.74, 6) is 0.619. The van der Waals surface area contributed by atoms with E-state index >= 15 is 0 Å². The molecule has 0 aliphatic heterocycles. The van der Waals surface area contributed by atoms with Crippen LogP contribution >= 0.6 is 0 Å². The minimum Gasteiger partial charge on any atom is -0.454 e. The smallest absolute Gasteiger partial charge is 0.180 e. The predicted octanol–water partition coefficient (Wildman–Crippen LogP) is 13.5. The Morgan fingerprint density at radius 2 is 1.11 bits per heavy atom. The van der Waals surface area contributed by atoms with Crippen LogP contribution in [0.1, 0.15) is 0 Å². The van der Waals surface area contributed by atoms with Crippen LogP contribution in [0.25, 0.3) is 116 Å². The first-order chi connectivity index (χ1) is 27.3. The average Bonchev–Trinajstić information content (AvgIpc) is 3.93. The van der Waals surface area contributed by atoms with Crippen molar-refractivity contribution in [2.75, 3.05) is 0 Å². The first-order valence-electron chi connectivity index (χ1n) is 18.5. The molecule has 0 saturated carbocycles. The maximum absolute atomic E-state index is 6.91. The maximum Gasteiger partial charge on any atom is 0.180 e. The Hall–Kier alpha value is -7.50. The molecule has 0 atom stereocenters. The van der Waals surface area contributed by atoms with Gasteiger partial charge in [0.25, 0.3) is 0 Å². The molecule has 5 heteroatoms. The number of hydrogen-bond donors (Lipinski definition) is 0. The molecule has 12 aromatic rings. The lowest BCUT2D eigenvalue weighted by molar-refractivity contribution is 0.666. The van der Waals surface area contributed by atoms with Crippen molar-refractivity contribution in [3.8, 4) is 39.5 Å². The van der Waals surface area contributed by atoms with Gasteiger partial charge in [0.15, 0.2) is 17.0 Å². The molecule has 0 aliphatic rings. The minimum atomic E-state index is 0.619. The summed E-state index contributed by atoms with van der Waals surface area (Å²) in [4.78, 5) is 10.5. The second-order valence-corrected chi connectivity index (χ2v) is 14.1. The van der Waals surface area contributed by atoms with Gasteiger partial charge in [-0.3, -0.25) is 0 Å². The number of nitrogens with zero attached hydrogens (tertiary/aromatic N) is 3. The zero-order chi connectivity index (χ0) is 36.0. The Kier molecular flexibility index (Phi) is 6.27. The van der Waals surface area contributed by atoms with Crippen molar-refractivity contribution in [2.45, 2.75) is 0 Å². The summed E-state index contributed by atoms with van der Waals surface area (Å²) in [5, 5.41) is 7.79. The van der Waals surface area contributed by atoms with Crippen molar-refractivity contribution < 1.29 is 8.83 Å². The normalized spacial score (nSPS) is 12.0. The molecule has 0 unspecified atom stereocenters. The van der Waals surface area contributed by atoms with Gasteiger partial charge in [-0.25, -0.2) is 9.97 Å². The third kappa shape index (κ3) is 4.41. The zero-order valence-corrected chi connectivity index (χ0v) is 29.4. The van der Waals surface area contributed by atoms with E-state index < -0.39 is 0 Å². The largest absolute Gasteiger partial charge is 0.454 e. The van der Waals surface area contributed by atoms with Crippen LogP contribution in [0.3, 0.4) is 0 Å². The van der Waals surface area contributed by atoms with Crippen LogP contribution in [-0.4, -0.2) is 14.5 Å². The Labute approximate surface area is 314 Å². The van der Waals surface area contributed by atoms with Gasteiger partial charge >= 0.3 is 0 Å². The fraction of sp³-hybridized carbons (Fsp3) is 0. The van der Waals surface area contributed by atoms with E-state index in [0.717, 1.165) is 72.0 Å². The third-order valence-corrected chi connectivity index (χ3v) is 11.0. The highest BCUT2D eigenvalue weighted by Gasteiger charge is 2.23. The molecule has 12 rings (SSSR count). The van der Waals surface area contributed by atoms with Crippen LogP contribution in [-0.2, 0) is 0 Å². The first kappa shape index (κ1) is 30.0. The number of para-hydroxylation sites is 2. The first-order valence-corrected chi connectivity index (χ1v) is 18.5. The second kappa shape index (κ2) is 11.5. The maximum atomic E-state index is 6.91. The highest BCUT2D eigenvalue weighted by molar-refractivity contribution is 6.23. The van der Waals surface area contributed by atoms with Crippen molar-refractivity contribution in [1.82, 2.24) is 14.5 Å². The molecule has 0 aliphatic carbocycles. The predicted molar refractivity (Wildman–Crippen MR) is 225 cm³/mol. The van der Waals surface area contributed by atoms with Crippen molar-refractivity contribution in [3.63, 3.8) is 0 Å². The van der Waals surface area contributed by atoms with Crippen molar-refractivity contribution in [3.05, 3.63) is 176 Å². The number of rotatable bonds is 4. The van der Waals surface area contributed by atoms with Gasteiger partial charge < -0.3 is 13.4 Å². The molecule has 0 saturated heterocycles. The highest BCUT2D eigenvalue weighted by atomic mass is 16.3. The van der Waals surface area contributed by atoms with Gasteiger partial charge in [-0.1, -0.05) is 133 Å². The third-order valence-electron chi connectivity index (χ3n) is 11.0. The molecule has 4 aromatic heterocycles. The SMILES string of the molecule is c1ccc(-c2ccc3c(c2)c2c4ccccc4ccc2n3-c2cccc3c2oc2cccc(-c4nc(-c5ccccc5)c5oc6ccccc6c5n4)c23)cc1.